The number of esters is 2. The van der Waals surface area contributed by atoms with Crippen LogP contribution in [0.4, 0.5) is 13.2 Å². The summed E-state index contributed by atoms with van der Waals surface area (Å²) in [6.07, 6.45) is 2.90. The number of hydrogen-bond donors (Lipinski definition) is 0. The molecule has 0 bridgehead atoms. The molecule has 238 valence electrons. The number of unbranched alkanes of at least 4 members (excludes halogenated alkanes) is 8. The predicted octanol–water partition coefficient (Wildman–Crippen LogP) is 10.4. The van der Waals surface area contributed by atoms with Crippen molar-refractivity contribution in [3.8, 4) is 22.6 Å². The molecule has 0 saturated carbocycles. The van der Waals surface area contributed by atoms with E-state index in [2.05, 4.69) is 6.92 Å². The van der Waals surface area contributed by atoms with Crippen LogP contribution in [0.1, 0.15) is 105 Å². The minimum absolute atomic E-state index is 0.0425. The summed E-state index contributed by atoms with van der Waals surface area (Å²) < 4.78 is 56.3. The summed E-state index contributed by atoms with van der Waals surface area (Å²) in [5.74, 6) is -0.430. The highest BCUT2D eigenvalue weighted by Crippen LogP contribution is 2.29. The molecule has 0 amide bonds. The number of carbonyl (C=O) groups excluding carboxylic acids is 2. The van der Waals surface area contributed by atoms with Crippen molar-refractivity contribution in [2.75, 3.05) is 6.61 Å². The van der Waals surface area contributed by atoms with E-state index in [4.69, 9.17) is 14.2 Å². The van der Waals surface area contributed by atoms with Gasteiger partial charge in [0.2, 0.25) is 0 Å². The van der Waals surface area contributed by atoms with E-state index in [9.17, 15) is 22.8 Å². The largest absolute Gasteiger partial charge is 0.494 e. The standard InChI is InChI=1S/C36H43F3O5/c1-3-5-7-9-10-12-26-42-31-22-20-30(21-23-31)34(40)43-32-24-18-28(19-25-32)27-14-16-29(17-15-27)35(41)44-33(36(37,38)39)13-11-8-6-4-2/h14-25,33H,3-13,26H2,1-2H3. The minimum Gasteiger partial charge on any atom is -0.494 e. The lowest BCUT2D eigenvalue weighted by Crippen LogP contribution is -2.33. The fourth-order valence-corrected chi connectivity index (χ4v) is 4.68. The number of ether oxygens (including phenoxy) is 3. The SMILES string of the molecule is CCCCCCCCOc1ccc(C(=O)Oc2ccc(-c3ccc(C(=O)OC(CCCCCC)C(F)(F)F)cc3)cc2)cc1. The minimum atomic E-state index is -4.61. The normalized spacial score (nSPS) is 12.0. The Hall–Kier alpha value is -3.81. The van der Waals surface area contributed by atoms with Crippen LogP contribution in [-0.4, -0.2) is 30.8 Å². The molecule has 0 spiro atoms. The Morgan fingerprint density at radius 2 is 1.09 bits per heavy atom. The first-order chi connectivity index (χ1) is 21.2. The van der Waals surface area contributed by atoms with Gasteiger partial charge in [-0.2, -0.15) is 13.2 Å². The lowest BCUT2D eigenvalue weighted by molar-refractivity contribution is -0.206. The molecule has 0 aliphatic heterocycles. The highest BCUT2D eigenvalue weighted by Gasteiger charge is 2.42. The Labute approximate surface area is 258 Å². The van der Waals surface area contributed by atoms with E-state index >= 15 is 0 Å². The summed E-state index contributed by atoms with van der Waals surface area (Å²) in [4.78, 5) is 25.1. The van der Waals surface area contributed by atoms with Gasteiger partial charge in [0.05, 0.1) is 17.7 Å². The van der Waals surface area contributed by atoms with E-state index in [1.54, 1.807) is 60.7 Å². The molecule has 0 aliphatic rings. The van der Waals surface area contributed by atoms with Crippen LogP contribution in [-0.2, 0) is 4.74 Å². The molecule has 3 rings (SSSR count). The van der Waals surface area contributed by atoms with Crippen molar-refractivity contribution in [1.29, 1.82) is 0 Å². The average Bonchev–Trinajstić information content (AvgIpc) is 3.02. The molecule has 44 heavy (non-hydrogen) atoms. The third kappa shape index (κ3) is 11.7. The van der Waals surface area contributed by atoms with Crippen LogP contribution in [0, 0.1) is 0 Å². The van der Waals surface area contributed by atoms with Gasteiger partial charge >= 0.3 is 18.1 Å². The first kappa shape index (κ1) is 34.7. The van der Waals surface area contributed by atoms with Crippen molar-refractivity contribution in [2.24, 2.45) is 0 Å². The van der Waals surface area contributed by atoms with Gasteiger partial charge in [-0.05, 0) is 78.9 Å². The number of alkyl halides is 3. The maximum Gasteiger partial charge on any atom is 0.425 e. The van der Waals surface area contributed by atoms with Gasteiger partial charge in [0.25, 0.3) is 0 Å². The molecule has 0 radical (unpaired) electrons. The van der Waals surface area contributed by atoms with Crippen molar-refractivity contribution in [2.45, 2.75) is 96.8 Å². The lowest BCUT2D eigenvalue weighted by atomic mass is 10.0. The van der Waals surface area contributed by atoms with Crippen LogP contribution in [0.25, 0.3) is 11.1 Å². The quantitative estimate of drug-likeness (QED) is 0.0813. The van der Waals surface area contributed by atoms with E-state index in [0.29, 0.717) is 36.5 Å². The predicted molar refractivity (Wildman–Crippen MR) is 166 cm³/mol. The summed E-state index contributed by atoms with van der Waals surface area (Å²) in [5.41, 5.74) is 1.96. The fourth-order valence-electron chi connectivity index (χ4n) is 4.68. The van der Waals surface area contributed by atoms with Crippen LogP contribution < -0.4 is 9.47 Å². The van der Waals surface area contributed by atoms with E-state index in [1.165, 1.54) is 37.8 Å². The molecule has 1 atom stereocenters. The zero-order valence-corrected chi connectivity index (χ0v) is 25.7. The first-order valence-electron chi connectivity index (χ1n) is 15.6. The molecule has 0 aromatic heterocycles. The molecular weight excluding hydrogens is 569 g/mol. The van der Waals surface area contributed by atoms with Gasteiger partial charge in [0, 0.05) is 0 Å². The third-order valence-corrected chi connectivity index (χ3v) is 7.31. The van der Waals surface area contributed by atoms with Gasteiger partial charge < -0.3 is 14.2 Å². The van der Waals surface area contributed by atoms with Crippen molar-refractivity contribution >= 4 is 11.9 Å². The Morgan fingerprint density at radius 1 is 0.614 bits per heavy atom. The lowest BCUT2D eigenvalue weighted by Gasteiger charge is -2.20. The molecule has 0 saturated heterocycles. The second-order valence-electron chi connectivity index (χ2n) is 10.9. The van der Waals surface area contributed by atoms with Gasteiger partial charge in [0.15, 0.2) is 6.10 Å². The van der Waals surface area contributed by atoms with Gasteiger partial charge in [-0.15, -0.1) is 0 Å². The van der Waals surface area contributed by atoms with Crippen molar-refractivity contribution in [1.82, 2.24) is 0 Å². The summed E-state index contributed by atoms with van der Waals surface area (Å²) in [6.45, 7) is 4.82. The number of hydrogen-bond acceptors (Lipinski definition) is 5. The molecule has 0 N–H and O–H groups in total. The second kappa shape index (κ2) is 18.1. The first-order valence-corrected chi connectivity index (χ1v) is 15.6. The molecule has 5 nitrogen and oxygen atoms in total. The van der Waals surface area contributed by atoms with Gasteiger partial charge in [-0.3, -0.25) is 0 Å². The Kier molecular flexibility index (Phi) is 14.3. The molecule has 3 aromatic rings. The van der Waals surface area contributed by atoms with Crippen LogP contribution in [0.2, 0.25) is 0 Å². The van der Waals surface area contributed by atoms with Gasteiger partial charge in [0.1, 0.15) is 11.5 Å². The summed E-state index contributed by atoms with van der Waals surface area (Å²) in [7, 11) is 0. The summed E-state index contributed by atoms with van der Waals surface area (Å²) in [5, 5.41) is 0. The molecular formula is C36H43F3O5. The van der Waals surface area contributed by atoms with Crippen LogP contribution >= 0.6 is 0 Å². The highest BCUT2D eigenvalue weighted by atomic mass is 19.4. The van der Waals surface area contributed by atoms with Crippen molar-refractivity contribution in [3.05, 3.63) is 83.9 Å². The monoisotopic (exact) mass is 612 g/mol. The maximum atomic E-state index is 13.4. The number of benzene rings is 3. The number of rotatable bonds is 18. The van der Waals surface area contributed by atoms with E-state index in [-0.39, 0.29) is 12.0 Å². The second-order valence-corrected chi connectivity index (χ2v) is 10.9. The van der Waals surface area contributed by atoms with Crippen molar-refractivity contribution < 1.29 is 37.0 Å². The van der Waals surface area contributed by atoms with Crippen LogP contribution in [0.3, 0.4) is 0 Å². The van der Waals surface area contributed by atoms with E-state index < -0.39 is 24.2 Å². The Morgan fingerprint density at radius 3 is 1.68 bits per heavy atom. The van der Waals surface area contributed by atoms with Gasteiger partial charge in [-0.1, -0.05) is 89.5 Å². The smallest absolute Gasteiger partial charge is 0.425 e. The molecule has 0 aliphatic carbocycles. The maximum absolute atomic E-state index is 13.4. The molecule has 3 aromatic carbocycles. The Balaban J connectivity index is 1.49. The van der Waals surface area contributed by atoms with E-state index in [1.807, 2.05) is 6.92 Å². The molecule has 0 heterocycles. The Bertz CT molecular complexity index is 1270. The van der Waals surface area contributed by atoms with Crippen LogP contribution in [0.15, 0.2) is 72.8 Å². The number of carbonyl (C=O) groups is 2. The zero-order chi connectivity index (χ0) is 31.8. The third-order valence-electron chi connectivity index (χ3n) is 7.31. The number of halogens is 3. The molecule has 0 fully saturated rings. The fraction of sp³-hybridized carbons (Fsp3) is 0.444. The molecule has 8 heteroatoms. The molecule has 1 unspecified atom stereocenters. The summed E-state index contributed by atoms with van der Waals surface area (Å²) in [6, 6.07) is 19.8. The summed E-state index contributed by atoms with van der Waals surface area (Å²) >= 11 is 0. The van der Waals surface area contributed by atoms with Crippen LogP contribution in [0.5, 0.6) is 11.5 Å². The van der Waals surface area contributed by atoms with Gasteiger partial charge in [-0.25, -0.2) is 9.59 Å². The topological polar surface area (TPSA) is 61.8 Å². The van der Waals surface area contributed by atoms with E-state index in [0.717, 1.165) is 36.8 Å². The zero-order valence-electron chi connectivity index (χ0n) is 25.7. The van der Waals surface area contributed by atoms with Crippen molar-refractivity contribution in [3.63, 3.8) is 0 Å². The average molecular weight is 613 g/mol. The highest BCUT2D eigenvalue weighted by molar-refractivity contribution is 5.91.